The Morgan fingerprint density at radius 3 is 2.71 bits per heavy atom. The van der Waals surface area contributed by atoms with Gasteiger partial charge in [0, 0.05) is 16.8 Å². The summed E-state index contributed by atoms with van der Waals surface area (Å²) >= 11 is 5.30. The molecule has 0 radical (unpaired) electrons. The summed E-state index contributed by atoms with van der Waals surface area (Å²) < 4.78 is 0.692. The largest absolute Gasteiger partial charge is 0.343 e. The van der Waals surface area contributed by atoms with Gasteiger partial charge in [0.15, 0.2) is 0 Å². The molecule has 0 saturated heterocycles. The SMILES string of the molecule is CCc1[nH]c(-c2cccc(C)c2)nc(=S)c1C. The Kier molecular flexibility index (Phi) is 3.38. The van der Waals surface area contributed by atoms with Crippen LogP contribution in [0.4, 0.5) is 0 Å². The third-order valence-corrected chi connectivity index (χ3v) is 3.30. The van der Waals surface area contributed by atoms with Crippen LogP contribution < -0.4 is 0 Å². The van der Waals surface area contributed by atoms with E-state index in [4.69, 9.17) is 12.2 Å². The van der Waals surface area contributed by atoms with Crippen molar-refractivity contribution in [1.29, 1.82) is 0 Å². The monoisotopic (exact) mass is 244 g/mol. The third kappa shape index (κ3) is 2.44. The highest BCUT2D eigenvalue weighted by molar-refractivity contribution is 7.71. The van der Waals surface area contributed by atoms with E-state index in [-0.39, 0.29) is 0 Å². The number of nitrogens with zero attached hydrogens (tertiary/aromatic N) is 1. The maximum Gasteiger partial charge on any atom is 0.139 e. The van der Waals surface area contributed by atoms with Crippen molar-refractivity contribution in [3.05, 3.63) is 45.7 Å². The van der Waals surface area contributed by atoms with Crippen molar-refractivity contribution in [3.8, 4) is 11.4 Å². The van der Waals surface area contributed by atoms with Gasteiger partial charge in [0.2, 0.25) is 0 Å². The molecule has 0 aliphatic heterocycles. The van der Waals surface area contributed by atoms with E-state index in [1.54, 1.807) is 0 Å². The van der Waals surface area contributed by atoms with Crippen molar-refractivity contribution < 1.29 is 0 Å². The molecule has 0 saturated carbocycles. The second-order valence-electron chi connectivity index (χ2n) is 4.22. The molecular formula is C14H16N2S. The van der Waals surface area contributed by atoms with Crippen LogP contribution in [0.15, 0.2) is 24.3 Å². The predicted octanol–water partition coefficient (Wildman–Crippen LogP) is 3.99. The smallest absolute Gasteiger partial charge is 0.139 e. The van der Waals surface area contributed by atoms with Gasteiger partial charge in [-0.25, -0.2) is 4.98 Å². The van der Waals surface area contributed by atoms with Crippen molar-refractivity contribution in [2.24, 2.45) is 0 Å². The molecule has 0 aliphatic carbocycles. The minimum Gasteiger partial charge on any atom is -0.343 e. The van der Waals surface area contributed by atoms with E-state index in [0.29, 0.717) is 4.64 Å². The fourth-order valence-electron chi connectivity index (χ4n) is 1.86. The third-order valence-electron chi connectivity index (χ3n) is 2.90. The maximum atomic E-state index is 5.30. The molecule has 0 unspecified atom stereocenters. The molecule has 0 bridgehead atoms. The average molecular weight is 244 g/mol. The lowest BCUT2D eigenvalue weighted by molar-refractivity contribution is 0.969. The first-order valence-corrected chi connectivity index (χ1v) is 6.19. The molecular weight excluding hydrogens is 228 g/mol. The molecule has 0 aliphatic rings. The molecule has 0 atom stereocenters. The zero-order valence-corrected chi connectivity index (χ0v) is 11.2. The van der Waals surface area contributed by atoms with Gasteiger partial charge in [-0.15, -0.1) is 0 Å². The normalized spacial score (nSPS) is 10.5. The molecule has 3 heteroatoms. The zero-order chi connectivity index (χ0) is 12.4. The van der Waals surface area contributed by atoms with Crippen molar-refractivity contribution in [2.75, 3.05) is 0 Å². The van der Waals surface area contributed by atoms with Crippen LogP contribution in [0.5, 0.6) is 0 Å². The Morgan fingerprint density at radius 2 is 2.06 bits per heavy atom. The Bertz CT molecular complexity index is 599. The number of H-pyrrole nitrogens is 1. The molecule has 2 rings (SSSR count). The van der Waals surface area contributed by atoms with Crippen LogP contribution in [0.2, 0.25) is 0 Å². The summed E-state index contributed by atoms with van der Waals surface area (Å²) in [5.41, 5.74) is 4.56. The molecule has 2 aromatic rings. The fourth-order valence-corrected chi connectivity index (χ4v) is 2.08. The number of aryl methyl sites for hydroxylation is 2. The Morgan fingerprint density at radius 1 is 1.29 bits per heavy atom. The standard InChI is InChI=1S/C14H16N2S/c1-4-12-10(3)14(17)16-13(15-12)11-7-5-6-9(2)8-11/h5-8H,4H2,1-3H3,(H,15,16,17). The van der Waals surface area contributed by atoms with Crippen LogP contribution in [0.1, 0.15) is 23.7 Å². The summed E-state index contributed by atoms with van der Waals surface area (Å²) in [6.07, 6.45) is 0.941. The van der Waals surface area contributed by atoms with Crippen molar-refractivity contribution in [2.45, 2.75) is 27.2 Å². The summed E-state index contributed by atoms with van der Waals surface area (Å²) in [6, 6.07) is 8.28. The summed E-state index contributed by atoms with van der Waals surface area (Å²) in [7, 11) is 0. The summed E-state index contributed by atoms with van der Waals surface area (Å²) in [5, 5.41) is 0. The van der Waals surface area contributed by atoms with Crippen molar-refractivity contribution in [1.82, 2.24) is 9.97 Å². The predicted molar refractivity (Wildman–Crippen MR) is 73.7 cm³/mol. The Labute approximate surface area is 107 Å². The molecule has 17 heavy (non-hydrogen) atoms. The number of aromatic nitrogens is 2. The molecule has 1 aromatic heterocycles. The first-order valence-electron chi connectivity index (χ1n) is 5.78. The van der Waals surface area contributed by atoms with Crippen LogP contribution in [0.3, 0.4) is 0 Å². The fraction of sp³-hybridized carbons (Fsp3) is 0.286. The van der Waals surface area contributed by atoms with Gasteiger partial charge >= 0.3 is 0 Å². The van der Waals surface area contributed by atoms with Crippen molar-refractivity contribution >= 4 is 12.2 Å². The van der Waals surface area contributed by atoms with Gasteiger partial charge in [-0.2, -0.15) is 0 Å². The quantitative estimate of drug-likeness (QED) is 0.809. The highest BCUT2D eigenvalue weighted by atomic mass is 32.1. The number of hydrogen-bond donors (Lipinski definition) is 1. The molecule has 1 aromatic carbocycles. The Balaban J connectivity index is 2.61. The van der Waals surface area contributed by atoms with Gasteiger partial charge in [0.05, 0.1) is 0 Å². The minimum absolute atomic E-state index is 0.692. The van der Waals surface area contributed by atoms with Gasteiger partial charge in [-0.1, -0.05) is 42.9 Å². The number of benzene rings is 1. The average Bonchev–Trinajstić information content (AvgIpc) is 2.32. The van der Waals surface area contributed by atoms with E-state index < -0.39 is 0 Å². The lowest BCUT2D eigenvalue weighted by Gasteiger charge is -2.08. The van der Waals surface area contributed by atoms with Gasteiger partial charge in [0.1, 0.15) is 10.5 Å². The van der Waals surface area contributed by atoms with Gasteiger partial charge in [0.25, 0.3) is 0 Å². The summed E-state index contributed by atoms with van der Waals surface area (Å²) in [5.74, 6) is 0.862. The highest BCUT2D eigenvalue weighted by Crippen LogP contribution is 2.18. The van der Waals surface area contributed by atoms with Gasteiger partial charge in [-0.3, -0.25) is 0 Å². The zero-order valence-electron chi connectivity index (χ0n) is 10.4. The number of aromatic amines is 1. The molecule has 0 fully saturated rings. The first kappa shape index (κ1) is 12.0. The van der Waals surface area contributed by atoms with Gasteiger partial charge in [-0.05, 0) is 26.3 Å². The maximum absolute atomic E-state index is 5.30. The van der Waals surface area contributed by atoms with E-state index in [0.717, 1.165) is 23.4 Å². The molecule has 88 valence electrons. The van der Waals surface area contributed by atoms with E-state index >= 15 is 0 Å². The van der Waals surface area contributed by atoms with Crippen LogP contribution in [0.25, 0.3) is 11.4 Å². The van der Waals surface area contributed by atoms with Gasteiger partial charge < -0.3 is 4.98 Å². The number of hydrogen-bond acceptors (Lipinski definition) is 2. The van der Waals surface area contributed by atoms with E-state index in [9.17, 15) is 0 Å². The van der Waals surface area contributed by atoms with Crippen LogP contribution in [-0.2, 0) is 6.42 Å². The molecule has 0 spiro atoms. The second-order valence-corrected chi connectivity index (χ2v) is 4.60. The highest BCUT2D eigenvalue weighted by Gasteiger charge is 2.05. The molecule has 0 amide bonds. The van der Waals surface area contributed by atoms with E-state index in [1.807, 2.05) is 13.0 Å². The number of nitrogens with one attached hydrogen (secondary N) is 1. The lowest BCUT2D eigenvalue weighted by Crippen LogP contribution is -1.99. The molecule has 1 N–H and O–H groups in total. The van der Waals surface area contributed by atoms with E-state index in [1.165, 1.54) is 11.3 Å². The van der Waals surface area contributed by atoms with Crippen LogP contribution >= 0.6 is 12.2 Å². The molecule has 1 heterocycles. The minimum atomic E-state index is 0.692. The first-order chi connectivity index (χ1) is 8.11. The van der Waals surface area contributed by atoms with E-state index in [2.05, 4.69) is 42.0 Å². The number of rotatable bonds is 2. The topological polar surface area (TPSA) is 28.7 Å². The lowest BCUT2D eigenvalue weighted by atomic mass is 10.1. The van der Waals surface area contributed by atoms with Crippen LogP contribution in [-0.4, -0.2) is 9.97 Å². The second kappa shape index (κ2) is 4.80. The summed E-state index contributed by atoms with van der Waals surface area (Å²) in [4.78, 5) is 7.82. The molecule has 2 nitrogen and oxygen atoms in total. The Hall–Kier alpha value is -1.48. The van der Waals surface area contributed by atoms with Crippen molar-refractivity contribution in [3.63, 3.8) is 0 Å². The van der Waals surface area contributed by atoms with Crippen LogP contribution in [0, 0.1) is 18.5 Å². The summed E-state index contributed by atoms with van der Waals surface area (Å²) in [6.45, 7) is 6.21.